The summed E-state index contributed by atoms with van der Waals surface area (Å²) in [5.74, 6) is -0.564. The van der Waals surface area contributed by atoms with E-state index in [0.29, 0.717) is 24.8 Å². The first-order chi connectivity index (χ1) is 12.8. The van der Waals surface area contributed by atoms with Crippen LogP contribution in [0.1, 0.15) is 52.4 Å². The number of amides is 1. The van der Waals surface area contributed by atoms with E-state index in [1.54, 1.807) is 25.1 Å². The van der Waals surface area contributed by atoms with Crippen molar-refractivity contribution in [3.8, 4) is 0 Å². The molecular weight excluding hydrogens is 357 g/mol. The van der Waals surface area contributed by atoms with Crippen molar-refractivity contribution in [1.29, 1.82) is 0 Å². The third-order valence-corrected chi connectivity index (χ3v) is 5.07. The number of nitrogens with one attached hydrogen (secondary N) is 1. The number of carbonyl (C=O) groups is 1. The Labute approximate surface area is 155 Å². The normalized spacial score (nSPS) is 23.1. The number of aromatic nitrogens is 1. The molecular formula is C20H21F3N2O2. The van der Waals surface area contributed by atoms with Crippen LogP contribution in [-0.4, -0.2) is 28.1 Å². The lowest BCUT2D eigenvalue weighted by atomic mass is 9.78. The third-order valence-electron chi connectivity index (χ3n) is 5.07. The summed E-state index contributed by atoms with van der Waals surface area (Å²) in [4.78, 5) is 16.3. The van der Waals surface area contributed by atoms with Gasteiger partial charge in [-0.15, -0.1) is 0 Å². The van der Waals surface area contributed by atoms with Crippen LogP contribution in [0.2, 0.25) is 0 Å². The highest BCUT2D eigenvalue weighted by molar-refractivity contribution is 5.92. The minimum absolute atomic E-state index is 0.162. The largest absolute Gasteiger partial charge is 0.416 e. The van der Waals surface area contributed by atoms with Gasteiger partial charge >= 0.3 is 6.18 Å². The minimum Gasteiger partial charge on any atom is -0.391 e. The molecule has 4 nitrogen and oxygen atoms in total. The lowest BCUT2D eigenvalue weighted by molar-refractivity contribution is -0.137. The summed E-state index contributed by atoms with van der Waals surface area (Å²) in [5, 5.41) is 13.0. The van der Waals surface area contributed by atoms with Gasteiger partial charge in [0.15, 0.2) is 0 Å². The number of carbonyl (C=O) groups excluding carboxylic acids is 1. The summed E-state index contributed by atoms with van der Waals surface area (Å²) in [5.41, 5.74) is 0.957. The van der Waals surface area contributed by atoms with Crippen LogP contribution < -0.4 is 5.32 Å². The highest BCUT2D eigenvalue weighted by Crippen LogP contribution is 2.38. The number of alkyl halides is 3. The Bertz CT molecular complexity index is 809. The molecule has 1 aliphatic carbocycles. The molecule has 1 amide bonds. The van der Waals surface area contributed by atoms with Crippen LogP contribution in [0.4, 0.5) is 13.2 Å². The Morgan fingerprint density at radius 2 is 2.00 bits per heavy atom. The summed E-state index contributed by atoms with van der Waals surface area (Å²) in [6.45, 7) is 1.78. The lowest BCUT2D eigenvalue weighted by Gasteiger charge is -2.34. The van der Waals surface area contributed by atoms with Gasteiger partial charge < -0.3 is 10.4 Å². The molecule has 1 aromatic carbocycles. The maximum Gasteiger partial charge on any atom is 0.416 e. The molecule has 3 atom stereocenters. The van der Waals surface area contributed by atoms with E-state index < -0.39 is 29.8 Å². The molecule has 7 heteroatoms. The average molecular weight is 378 g/mol. The number of hydrogen-bond acceptors (Lipinski definition) is 3. The van der Waals surface area contributed by atoms with E-state index in [2.05, 4.69) is 10.3 Å². The zero-order valence-electron chi connectivity index (χ0n) is 14.8. The summed E-state index contributed by atoms with van der Waals surface area (Å²) in [7, 11) is 0. The lowest BCUT2D eigenvalue weighted by Crippen LogP contribution is -2.46. The predicted molar refractivity (Wildman–Crippen MR) is 94.3 cm³/mol. The van der Waals surface area contributed by atoms with E-state index in [0.717, 1.165) is 11.6 Å². The Balaban J connectivity index is 1.78. The van der Waals surface area contributed by atoms with Gasteiger partial charge in [-0.05, 0) is 67.5 Å². The van der Waals surface area contributed by atoms with Gasteiger partial charge in [0.25, 0.3) is 5.91 Å². The van der Waals surface area contributed by atoms with Crippen molar-refractivity contribution in [2.24, 2.45) is 0 Å². The van der Waals surface area contributed by atoms with E-state index in [4.69, 9.17) is 0 Å². The second kappa shape index (κ2) is 7.68. The molecule has 1 saturated carbocycles. The molecule has 1 aromatic heterocycles. The molecule has 2 N–H and O–H groups in total. The van der Waals surface area contributed by atoms with Crippen LogP contribution in [-0.2, 0) is 6.18 Å². The van der Waals surface area contributed by atoms with Crippen molar-refractivity contribution in [3.05, 3.63) is 65.0 Å². The van der Waals surface area contributed by atoms with E-state index in [1.165, 1.54) is 18.3 Å². The van der Waals surface area contributed by atoms with Crippen molar-refractivity contribution in [2.45, 2.75) is 50.4 Å². The second-order valence-corrected chi connectivity index (χ2v) is 6.94. The van der Waals surface area contributed by atoms with Gasteiger partial charge in [0.1, 0.15) is 5.69 Å². The monoisotopic (exact) mass is 378 g/mol. The molecule has 3 rings (SSSR count). The van der Waals surface area contributed by atoms with Crippen molar-refractivity contribution >= 4 is 5.91 Å². The van der Waals surface area contributed by atoms with Crippen molar-refractivity contribution in [2.75, 3.05) is 0 Å². The maximum absolute atomic E-state index is 13.1. The van der Waals surface area contributed by atoms with Gasteiger partial charge in [-0.1, -0.05) is 12.1 Å². The molecule has 2 aromatic rings. The number of halogens is 3. The number of benzene rings is 1. The first-order valence-electron chi connectivity index (χ1n) is 8.83. The fraction of sp³-hybridized carbons (Fsp3) is 0.400. The first kappa shape index (κ1) is 19.4. The Morgan fingerprint density at radius 3 is 2.67 bits per heavy atom. The zero-order valence-corrected chi connectivity index (χ0v) is 14.8. The fourth-order valence-corrected chi connectivity index (χ4v) is 3.59. The number of pyridine rings is 1. The first-order valence-corrected chi connectivity index (χ1v) is 8.83. The number of hydrogen-bond donors (Lipinski definition) is 2. The Hall–Kier alpha value is -2.41. The van der Waals surface area contributed by atoms with Crippen LogP contribution in [0.25, 0.3) is 0 Å². The highest BCUT2D eigenvalue weighted by Gasteiger charge is 2.35. The Morgan fingerprint density at radius 1 is 1.22 bits per heavy atom. The molecule has 0 saturated heterocycles. The SMILES string of the molecule is Cc1ccc(C(F)(F)F)cc1[C@H]1CC[C@H](O)[C@@H](NC(=O)c2ccccn2)C1. The number of rotatable bonds is 3. The fourth-order valence-electron chi connectivity index (χ4n) is 3.59. The van der Waals surface area contributed by atoms with Gasteiger partial charge in [0.2, 0.25) is 0 Å². The molecule has 0 spiro atoms. The Kier molecular flexibility index (Phi) is 5.51. The van der Waals surface area contributed by atoms with E-state index >= 15 is 0 Å². The van der Waals surface area contributed by atoms with Gasteiger partial charge in [0, 0.05) is 6.20 Å². The zero-order chi connectivity index (χ0) is 19.6. The van der Waals surface area contributed by atoms with Gasteiger partial charge in [-0.3, -0.25) is 9.78 Å². The van der Waals surface area contributed by atoms with Crippen LogP contribution in [0.3, 0.4) is 0 Å². The van der Waals surface area contributed by atoms with Crippen molar-refractivity contribution in [1.82, 2.24) is 10.3 Å². The average Bonchev–Trinajstić information content (AvgIpc) is 2.64. The van der Waals surface area contributed by atoms with Gasteiger partial charge in [-0.2, -0.15) is 13.2 Å². The standard InChI is InChI=1S/C20H21F3N2O2/c1-12-5-7-14(20(21,22)23)11-15(12)13-6-8-18(26)17(10-13)25-19(27)16-4-2-3-9-24-16/h2-5,7,9,11,13,17-18,26H,6,8,10H2,1H3,(H,25,27)/t13-,17-,18-/m0/s1. The minimum atomic E-state index is -4.40. The summed E-state index contributed by atoms with van der Waals surface area (Å²) in [6.07, 6.45) is -2.28. The topological polar surface area (TPSA) is 62.2 Å². The molecule has 1 aliphatic rings. The summed E-state index contributed by atoms with van der Waals surface area (Å²) < 4.78 is 39.2. The van der Waals surface area contributed by atoms with Gasteiger partial charge in [-0.25, -0.2) is 0 Å². The van der Waals surface area contributed by atoms with Crippen LogP contribution in [0.5, 0.6) is 0 Å². The molecule has 0 bridgehead atoms. The van der Waals surface area contributed by atoms with Gasteiger partial charge in [0.05, 0.1) is 17.7 Å². The molecule has 1 fully saturated rings. The predicted octanol–water partition coefficient (Wildman–Crippen LogP) is 3.84. The van der Waals surface area contributed by atoms with E-state index in [1.807, 2.05) is 0 Å². The summed E-state index contributed by atoms with van der Waals surface area (Å²) >= 11 is 0. The highest BCUT2D eigenvalue weighted by atomic mass is 19.4. The number of aryl methyl sites for hydroxylation is 1. The summed E-state index contributed by atoms with van der Waals surface area (Å²) in [6, 6.07) is 8.16. The molecule has 0 radical (unpaired) electrons. The van der Waals surface area contributed by atoms with Crippen LogP contribution in [0.15, 0.2) is 42.6 Å². The van der Waals surface area contributed by atoms with Crippen LogP contribution in [0, 0.1) is 6.92 Å². The van der Waals surface area contributed by atoms with Crippen molar-refractivity contribution < 1.29 is 23.1 Å². The third kappa shape index (κ3) is 4.47. The maximum atomic E-state index is 13.1. The molecule has 1 heterocycles. The molecule has 0 aliphatic heterocycles. The smallest absolute Gasteiger partial charge is 0.391 e. The molecule has 0 unspecified atom stereocenters. The van der Waals surface area contributed by atoms with E-state index in [-0.39, 0.29) is 11.6 Å². The number of nitrogens with zero attached hydrogens (tertiary/aromatic N) is 1. The number of aliphatic hydroxyl groups excluding tert-OH is 1. The van der Waals surface area contributed by atoms with Crippen LogP contribution >= 0.6 is 0 Å². The molecule has 27 heavy (non-hydrogen) atoms. The molecule has 144 valence electrons. The number of aliphatic hydroxyl groups is 1. The second-order valence-electron chi connectivity index (χ2n) is 6.94. The van der Waals surface area contributed by atoms with E-state index in [9.17, 15) is 23.1 Å². The quantitative estimate of drug-likeness (QED) is 0.853. The van der Waals surface area contributed by atoms with Crippen molar-refractivity contribution in [3.63, 3.8) is 0 Å².